The summed E-state index contributed by atoms with van der Waals surface area (Å²) in [6.45, 7) is 6.40. The first kappa shape index (κ1) is 58.6. The van der Waals surface area contributed by atoms with Crippen LogP contribution in [0.5, 0.6) is 0 Å². The SMILES string of the molecule is CC/C=C\C/C=C\C/C=C\C/C=C\C/C=C\CCCC(=O)OCC(COC(=O)CCCCC/C=C\C=C/CCCC)OC(=O)CCCCCCCCCCCCCCCCCC. The molecule has 0 saturated carbocycles. The van der Waals surface area contributed by atoms with Crippen LogP contribution in [0.1, 0.15) is 233 Å². The van der Waals surface area contributed by atoms with E-state index in [1.807, 2.05) is 0 Å². The largest absolute Gasteiger partial charge is 0.462 e. The highest BCUT2D eigenvalue weighted by Crippen LogP contribution is 2.15. The summed E-state index contributed by atoms with van der Waals surface area (Å²) in [7, 11) is 0. The van der Waals surface area contributed by atoms with Crippen molar-refractivity contribution in [3.63, 3.8) is 0 Å². The number of carbonyl (C=O) groups excluding carboxylic acids is 3. The molecule has 0 aliphatic carbocycles. The maximum atomic E-state index is 12.8. The Hall–Kier alpha value is -3.41. The van der Waals surface area contributed by atoms with Crippen LogP contribution in [0.2, 0.25) is 0 Å². The van der Waals surface area contributed by atoms with Gasteiger partial charge in [-0.2, -0.15) is 0 Å². The van der Waals surface area contributed by atoms with Gasteiger partial charge in [-0.15, -0.1) is 0 Å². The summed E-state index contributed by atoms with van der Waals surface area (Å²) >= 11 is 0. The Labute approximate surface area is 382 Å². The molecule has 0 amide bonds. The molecule has 0 aliphatic rings. The van der Waals surface area contributed by atoms with Crippen molar-refractivity contribution in [2.45, 2.75) is 239 Å². The lowest BCUT2D eigenvalue weighted by molar-refractivity contribution is -0.167. The van der Waals surface area contributed by atoms with Gasteiger partial charge in [-0.3, -0.25) is 14.4 Å². The third kappa shape index (κ3) is 47.6. The predicted molar refractivity (Wildman–Crippen MR) is 265 cm³/mol. The lowest BCUT2D eigenvalue weighted by Gasteiger charge is -2.18. The van der Waals surface area contributed by atoms with Gasteiger partial charge in [0.05, 0.1) is 0 Å². The third-order valence-corrected chi connectivity index (χ3v) is 10.7. The van der Waals surface area contributed by atoms with Gasteiger partial charge in [0.25, 0.3) is 0 Å². The molecule has 1 atom stereocenters. The fourth-order valence-electron chi connectivity index (χ4n) is 6.81. The fraction of sp³-hybridized carbons (Fsp3) is 0.696. The molecule has 0 N–H and O–H groups in total. The first-order valence-corrected chi connectivity index (χ1v) is 25.6. The molecule has 6 heteroatoms. The summed E-state index contributed by atoms with van der Waals surface area (Å²) in [4.78, 5) is 37.9. The van der Waals surface area contributed by atoms with Crippen molar-refractivity contribution < 1.29 is 28.6 Å². The van der Waals surface area contributed by atoms with Crippen LogP contribution in [-0.4, -0.2) is 37.2 Å². The summed E-state index contributed by atoms with van der Waals surface area (Å²) in [5.41, 5.74) is 0. The summed E-state index contributed by atoms with van der Waals surface area (Å²) in [6.07, 6.45) is 64.3. The van der Waals surface area contributed by atoms with E-state index in [-0.39, 0.29) is 37.5 Å². The first-order chi connectivity index (χ1) is 30.5. The van der Waals surface area contributed by atoms with Crippen LogP contribution in [-0.2, 0) is 28.6 Å². The van der Waals surface area contributed by atoms with E-state index in [1.54, 1.807) is 0 Å². The Morgan fingerprint density at radius 2 is 0.710 bits per heavy atom. The number of carbonyl (C=O) groups is 3. The number of ether oxygens (including phenoxy) is 3. The Balaban J connectivity index is 4.47. The van der Waals surface area contributed by atoms with Crippen molar-refractivity contribution in [1.82, 2.24) is 0 Å². The third-order valence-electron chi connectivity index (χ3n) is 10.7. The lowest BCUT2D eigenvalue weighted by Crippen LogP contribution is -2.30. The van der Waals surface area contributed by atoms with Crippen LogP contribution < -0.4 is 0 Å². The second-order valence-electron chi connectivity index (χ2n) is 16.7. The van der Waals surface area contributed by atoms with Crippen molar-refractivity contribution in [2.75, 3.05) is 13.2 Å². The number of allylic oxidation sites excluding steroid dienone is 14. The molecule has 0 rings (SSSR count). The molecular weight excluding hydrogens is 769 g/mol. The maximum Gasteiger partial charge on any atom is 0.306 e. The van der Waals surface area contributed by atoms with Gasteiger partial charge in [0, 0.05) is 19.3 Å². The van der Waals surface area contributed by atoms with Crippen molar-refractivity contribution in [1.29, 1.82) is 0 Å². The first-order valence-electron chi connectivity index (χ1n) is 25.6. The van der Waals surface area contributed by atoms with Gasteiger partial charge in [0.2, 0.25) is 0 Å². The van der Waals surface area contributed by atoms with Crippen LogP contribution in [0.25, 0.3) is 0 Å². The molecule has 0 aliphatic heterocycles. The molecule has 0 spiro atoms. The highest BCUT2D eigenvalue weighted by atomic mass is 16.6. The molecule has 62 heavy (non-hydrogen) atoms. The Morgan fingerprint density at radius 1 is 0.355 bits per heavy atom. The van der Waals surface area contributed by atoms with Gasteiger partial charge in [0.1, 0.15) is 13.2 Å². The minimum Gasteiger partial charge on any atom is -0.462 e. The van der Waals surface area contributed by atoms with E-state index in [0.29, 0.717) is 19.3 Å². The molecular formula is C56H94O6. The lowest BCUT2D eigenvalue weighted by atomic mass is 10.0. The quantitative estimate of drug-likeness (QED) is 0.0199. The van der Waals surface area contributed by atoms with Gasteiger partial charge in [-0.1, -0.05) is 221 Å². The van der Waals surface area contributed by atoms with Gasteiger partial charge >= 0.3 is 17.9 Å². The molecule has 0 aromatic heterocycles. The standard InChI is InChI=1S/C56H94O6/c1-4-7-10-13-16-19-22-24-26-28-30-31-34-37-40-43-46-49-55(58)61-52-53(51-60-54(57)48-45-42-39-36-33-21-18-15-12-9-6-3)62-56(59)50-47-44-41-38-35-32-29-27-25-23-20-17-14-11-8-5-2/h7,10,15-16,18-19,21,24,26,30-31,33,37,40,53H,4-6,8-9,11-14,17,20,22-23,25,27-29,32,34-36,38-39,41-52H2,1-3H3/b10-7-,18-15-,19-16-,26-24-,31-30-,33-21-,40-37-. The normalized spacial score (nSPS) is 12.8. The fourth-order valence-corrected chi connectivity index (χ4v) is 6.81. The molecule has 6 nitrogen and oxygen atoms in total. The van der Waals surface area contributed by atoms with E-state index in [4.69, 9.17) is 14.2 Å². The summed E-state index contributed by atoms with van der Waals surface area (Å²) in [5.74, 6) is -0.992. The summed E-state index contributed by atoms with van der Waals surface area (Å²) in [5, 5.41) is 0. The number of hydrogen-bond acceptors (Lipinski definition) is 6. The molecule has 0 heterocycles. The molecule has 0 aromatic rings. The van der Waals surface area contributed by atoms with Crippen molar-refractivity contribution in [3.8, 4) is 0 Å². The van der Waals surface area contributed by atoms with Crippen LogP contribution in [0, 0.1) is 0 Å². The number of hydrogen-bond donors (Lipinski definition) is 0. The monoisotopic (exact) mass is 863 g/mol. The van der Waals surface area contributed by atoms with E-state index in [9.17, 15) is 14.4 Å². The molecule has 0 radical (unpaired) electrons. The van der Waals surface area contributed by atoms with Gasteiger partial charge in [0.15, 0.2) is 6.10 Å². The predicted octanol–water partition coefficient (Wildman–Crippen LogP) is 16.8. The topological polar surface area (TPSA) is 78.9 Å². The summed E-state index contributed by atoms with van der Waals surface area (Å²) < 4.78 is 16.7. The zero-order chi connectivity index (χ0) is 45.1. The molecule has 0 aromatic carbocycles. The van der Waals surface area contributed by atoms with Gasteiger partial charge in [-0.05, 0) is 77.0 Å². The van der Waals surface area contributed by atoms with Crippen molar-refractivity contribution >= 4 is 17.9 Å². The zero-order valence-electron chi connectivity index (χ0n) is 40.4. The second-order valence-corrected chi connectivity index (χ2v) is 16.7. The number of rotatable bonds is 45. The number of esters is 3. The summed E-state index contributed by atoms with van der Waals surface area (Å²) in [6, 6.07) is 0. The Morgan fingerprint density at radius 3 is 1.18 bits per heavy atom. The van der Waals surface area contributed by atoms with Gasteiger partial charge in [-0.25, -0.2) is 0 Å². The average Bonchev–Trinajstić information content (AvgIpc) is 3.27. The van der Waals surface area contributed by atoms with E-state index >= 15 is 0 Å². The van der Waals surface area contributed by atoms with Crippen LogP contribution in [0.15, 0.2) is 85.1 Å². The zero-order valence-corrected chi connectivity index (χ0v) is 40.4. The van der Waals surface area contributed by atoms with Crippen LogP contribution in [0.4, 0.5) is 0 Å². The van der Waals surface area contributed by atoms with Crippen molar-refractivity contribution in [3.05, 3.63) is 85.1 Å². The average molecular weight is 863 g/mol. The van der Waals surface area contributed by atoms with Gasteiger partial charge < -0.3 is 14.2 Å². The molecule has 354 valence electrons. The van der Waals surface area contributed by atoms with Crippen LogP contribution in [0.3, 0.4) is 0 Å². The molecule has 1 unspecified atom stereocenters. The Kier molecular flexibility index (Phi) is 47.5. The van der Waals surface area contributed by atoms with Crippen LogP contribution >= 0.6 is 0 Å². The minimum absolute atomic E-state index is 0.107. The highest BCUT2D eigenvalue weighted by molar-refractivity contribution is 5.71. The minimum atomic E-state index is -0.807. The molecule has 0 fully saturated rings. The van der Waals surface area contributed by atoms with E-state index in [1.165, 1.54) is 96.3 Å². The Bertz CT molecular complexity index is 1220. The van der Waals surface area contributed by atoms with E-state index < -0.39 is 6.10 Å². The van der Waals surface area contributed by atoms with E-state index in [0.717, 1.165) is 89.9 Å². The highest BCUT2D eigenvalue weighted by Gasteiger charge is 2.19. The molecule has 0 bridgehead atoms. The second kappa shape index (κ2) is 50.2. The van der Waals surface area contributed by atoms with Crippen molar-refractivity contribution in [2.24, 2.45) is 0 Å². The van der Waals surface area contributed by atoms with E-state index in [2.05, 4.69) is 106 Å². The maximum absolute atomic E-state index is 12.8. The number of unbranched alkanes of at least 4 members (excludes halogenated alkanes) is 21. The molecule has 0 saturated heterocycles. The smallest absolute Gasteiger partial charge is 0.306 e.